The Morgan fingerprint density at radius 3 is 2.12 bits per heavy atom. The van der Waals surface area contributed by atoms with E-state index in [0.717, 1.165) is 25.7 Å². The number of nitrogens with zero attached hydrogens (tertiary/aromatic N) is 1. The van der Waals surface area contributed by atoms with Gasteiger partial charge in [-0.3, -0.25) is 0 Å². The highest BCUT2D eigenvalue weighted by atomic mass is 35.5. The van der Waals surface area contributed by atoms with E-state index >= 15 is 0 Å². The lowest BCUT2D eigenvalue weighted by Gasteiger charge is -2.25. The molecule has 1 atom stereocenters. The Morgan fingerprint density at radius 1 is 1.12 bits per heavy atom. The van der Waals surface area contributed by atoms with Gasteiger partial charge in [-0.05, 0) is 18.8 Å². The Hall–Kier alpha value is 0.200. The third-order valence-corrected chi connectivity index (χ3v) is 5.64. The van der Waals surface area contributed by atoms with Gasteiger partial charge in [0.2, 0.25) is 10.0 Å². The maximum atomic E-state index is 12.1. The Bertz CT molecular complexity index is 284. The predicted octanol–water partition coefficient (Wildman–Crippen LogP) is 2.46. The first-order valence-electron chi connectivity index (χ1n) is 6.10. The quantitative estimate of drug-likeness (QED) is 0.734. The van der Waals surface area contributed by atoms with E-state index in [0.29, 0.717) is 19.0 Å². The zero-order valence-corrected chi connectivity index (χ0v) is 11.6. The molecule has 1 aliphatic heterocycles. The van der Waals surface area contributed by atoms with E-state index in [1.807, 2.05) is 6.92 Å². The predicted molar refractivity (Wildman–Crippen MR) is 68.3 cm³/mol. The normalized spacial score (nSPS) is 22.4. The fourth-order valence-corrected chi connectivity index (χ4v) is 4.11. The summed E-state index contributed by atoms with van der Waals surface area (Å²) < 4.78 is 25.8. The molecule has 1 aliphatic rings. The minimum absolute atomic E-state index is 0.0390. The SMILES string of the molecule is CC(CCl)CS(=O)(=O)N1CCCCCCC1. The first kappa shape index (κ1) is 14.3. The molecular formula is C11H22ClNO2S. The fourth-order valence-electron chi connectivity index (χ4n) is 2.01. The molecule has 0 bridgehead atoms. The molecule has 1 rings (SSSR count). The van der Waals surface area contributed by atoms with Gasteiger partial charge in [-0.25, -0.2) is 12.7 Å². The number of halogens is 1. The van der Waals surface area contributed by atoms with E-state index in [-0.39, 0.29) is 11.7 Å². The third kappa shape index (κ3) is 4.60. The van der Waals surface area contributed by atoms with Gasteiger partial charge in [-0.2, -0.15) is 0 Å². The van der Waals surface area contributed by atoms with Gasteiger partial charge >= 0.3 is 0 Å². The maximum absolute atomic E-state index is 12.1. The van der Waals surface area contributed by atoms with Crippen LogP contribution in [0.4, 0.5) is 0 Å². The molecule has 1 saturated heterocycles. The highest BCUT2D eigenvalue weighted by molar-refractivity contribution is 7.89. The minimum Gasteiger partial charge on any atom is -0.212 e. The van der Waals surface area contributed by atoms with Crippen LogP contribution in [0.15, 0.2) is 0 Å². The fraction of sp³-hybridized carbons (Fsp3) is 1.00. The van der Waals surface area contributed by atoms with E-state index < -0.39 is 10.0 Å². The van der Waals surface area contributed by atoms with Gasteiger partial charge in [-0.1, -0.05) is 26.2 Å². The summed E-state index contributed by atoms with van der Waals surface area (Å²) in [6.45, 7) is 3.27. The van der Waals surface area contributed by atoms with E-state index in [1.165, 1.54) is 6.42 Å². The van der Waals surface area contributed by atoms with Crippen molar-refractivity contribution in [2.75, 3.05) is 24.7 Å². The molecule has 0 aliphatic carbocycles. The lowest BCUT2D eigenvalue weighted by molar-refractivity contribution is 0.362. The molecule has 3 nitrogen and oxygen atoms in total. The van der Waals surface area contributed by atoms with Crippen LogP contribution >= 0.6 is 11.6 Å². The van der Waals surface area contributed by atoms with Crippen LogP contribution in [0.2, 0.25) is 0 Å². The molecule has 96 valence electrons. The van der Waals surface area contributed by atoms with E-state index in [1.54, 1.807) is 4.31 Å². The van der Waals surface area contributed by atoms with Crippen molar-refractivity contribution in [2.24, 2.45) is 5.92 Å². The zero-order chi connectivity index (χ0) is 12.0. The van der Waals surface area contributed by atoms with Gasteiger partial charge < -0.3 is 0 Å². The van der Waals surface area contributed by atoms with Crippen LogP contribution in [0.3, 0.4) is 0 Å². The van der Waals surface area contributed by atoms with E-state index in [9.17, 15) is 8.42 Å². The average Bonchev–Trinajstić information content (AvgIpc) is 2.15. The molecule has 0 amide bonds. The second kappa shape index (κ2) is 6.82. The van der Waals surface area contributed by atoms with Gasteiger partial charge in [0, 0.05) is 19.0 Å². The topological polar surface area (TPSA) is 37.4 Å². The number of alkyl halides is 1. The Kier molecular flexibility index (Phi) is 6.08. The molecule has 0 N–H and O–H groups in total. The lowest BCUT2D eigenvalue weighted by Crippen LogP contribution is -2.37. The summed E-state index contributed by atoms with van der Waals surface area (Å²) in [7, 11) is -3.09. The van der Waals surface area contributed by atoms with Crippen LogP contribution < -0.4 is 0 Å². The van der Waals surface area contributed by atoms with Gasteiger partial charge in [0.15, 0.2) is 0 Å². The van der Waals surface area contributed by atoms with Gasteiger partial charge in [0.25, 0.3) is 0 Å². The molecule has 0 aromatic carbocycles. The van der Waals surface area contributed by atoms with Crippen LogP contribution in [0.5, 0.6) is 0 Å². The van der Waals surface area contributed by atoms with Crippen molar-refractivity contribution in [3.8, 4) is 0 Å². The van der Waals surface area contributed by atoms with Crippen molar-refractivity contribution in [1.82, 2.24) is 4.31 Å². The first-order chi connectivity index (χ1) is 7.56. The molecule has 5 heteroatoms. The van der Waals surface area contributed by atoms with Gasteiger partial charge in [0.1, 0.15) is 0 Å². The van der Waals surface area contributed by atoms with Crippen LogP contribution in [-0.4, -0.2) is 37.4 Å². The summed E-state index contributed by atoms with van der Waals surface area (Å²) in [5.74, 6) is 0.640. The summed E-state index contributed by atoms with van der Waals surface area (Å²) in [6.07, 6.45) is 5.53. The molecule has 16 heavy (non-hydrogen) atoms. The van der Waals surface area contributed by atoms with E-state index in [4.69, 9.17) is 11.6 Å². The number of hydrogen-bond acceptors (Lipinski definition) is 2. The Labute approximate surface area is 104 Å². The second-order valence-electron chi connectivity index (χ2n) is 4.70. The van der Waals surface area contributed by atoms with Crippen molar-refractivity contribution in [2.45, 2.75) is 39.0 Å². The summed E-state index contributed by atoms with van der Waals surface area (Å²) in [4.78, 5) is 0. The largest absolute Gasteiger partial charge is 0.214 e. The van der Waals surface area contributed by atoms with Crippen molar-refractivity contribution >= 4 is 21.6 Å². The average molecular weight is 268 g/mol. The molecule has 0 aromatic heterocycles. The van der Waals surface area contributed by atoms with Gasteiger partial charge in [-0.15, -0.1) is 11.6 Å². The van der Waals surface area contributed by atoms with Gasteiger partial charge in [0.05, 0.1) is 5.75 Å². The number of sulfonamides is 1. The minimum atomic E-state index is -3.09. The molecule has 0 aromatic rings. The number of hydrogen-bond donors (Lipinski definition) is 0. The molecule has 0 saturated carbocycles. The monoisotopic (exact) mass is 267 g/mol. The van der Waals surface area contributed by atoms with Crippen molar-refractivity contribution < 1.29 is 8.42 Å². The molecule has 1 fully saturated rings. The van der Waals surface area contributed by atoms with E-state index in [2.05, 4.69) is 0 Å². The molecule has 1 heterocycles. The van der Waals surface area contributed by atoms with Crippen LogP contribution in [0, 0.1) is 5.92 Å². The van der Waals surface area contributed by atoms with Crippen LogP contribution in [-0.2, 0) is 10.0 Å². The summed E-state index contributed by atoms with van der Waals surface area (Å²) >= 11 is 5.67. The molecule has 0 spiro atoms. The highest BCUT2D eigenvalue weighted by Gasteiger charge is 2.24. The smallest absolute Gasteiger partial charge is 0.212 e. The number of rotatable bonds is 4. The third-order valence-electron chi connectivity index (χ3n) is 2.97. The lowest BCUT2D eigenvalue weighted by atomic mass is 10.1. The summed E-state index contributed by atoms with van der Waals surface area (Å²) in [6, 6.07) is 0. The standard InChI is InChI=1S/C11H22ClNO2S/c1-11(9-12)10-16(14,15)13-7-5-3-2-4-6-8-13/h11H,2-10H2,1H3. The summed E-state index contributed by atoms with van der Waals surface area (Å²) in [5, 5.41) is 0. The van der Waals surface area contributed by atoms with Crippen LogP contribution in [0.25, 0.3) is 0 Å². The maximum Gasteiger partial charge on any atom is 0.214 e. The molecular weight excluding hydrogens is 246 g/mol. The second-order valence-corrected chi connectivity index (χ2v) is 7.03. The summed E-state index contributed by atoms with van der Waals surface area (Å²) in [5.41, 5.74) is 0. The van der Waals surface area contributed by atoms with Crippen LogP contribution in [0.1, 0.15) is 39.0 Å². The molecule has 1 unspecified atom stereocenters. The zero-order valence-electron chi connectivity index (χ0n) is 9.99. The highest BCUT2D eigenvalue weighted by Crippen LogP contribution is 2.15. The van der Waals surface area contributed by atoms with Crippen molar-refractivity contribution in [3.63, 3.8) is 0 Å². The Morgan fingerprint density at radius 2 is 1.62 bits per heavy atom. The first-order valence-corrected chi connectivity index (χ1v) is 8.24. The Balaban J connectivity index is 2.57. The van der Waals surface area contributed by atoms with Crippen molar-refractivity contribution in [3.05, 3.63) is 0 Å². The van der Waals surface area contributed by atoms with Crippen molar-refractivity contribution in [1.29, 1.82) is 0 Å². The molecule has 0 radical (unpaired) electrons.